The van der Waals surface area contributed by atoms with Crippen molar-refractivity contribution in [1.82, 2.24) is 14.9 Å². The summed E-state index contributed by atoms with van der Waals surface area (Å²) >= 11 is 1.75. The molecule has 1 amide bonds. The van der Waals surface area contributed by atoms with Crippen LogP contribution in [0.3, 0.4) is 0 Å². The van der Waals surface area contributed by atoms with Crippen LogP contribution in [0.2, 0.25) is 0 Å². The van der Waals surface area contributed by atoms with E-state index in [9.17, 15) is 9.59 Å². The maximum Gasteiger partial charge on any atom is 0.303 e. The molecule has 4 rings (SSSR count). The molecule has 7 heteroatoms. The first-order chi connectivity index (χ1) is 16.8. The number of rotatable bonds is 10. The van der Waals surface area contributed by atoms with Gasteiger partial charge in [0.15, 0.2) is 0 Å². The highest BCUT2D eigenvalue weighted by molar-refractivity contribution is 7.09. The summed E-state index contributed by atoms with van der Waals surface area (Å²) in [7, 11) is 0. The Labute approximate surface area is 211 Å². The molecule has 1 aliphatic carbocycles. The Morgan fingerprint density at radius 2 is 2.03 bits per heavy atom. The van der Waals surface area contributed by atoms with E-state index in [1.165, 1.54) is 24.1 Å². The lowest BCUT2D eigenvalue weighted by Gasteiger charge is -2.31. The van der Waals surface area contributed by atoms with Crippen LogP contribution in [0.5, 0.6) is 0 Å². The van der Waals surface area contributed by atoms with Gasteiger partial charge in [-0.15, -0.1) is 11.3 Å². The maximum atomic E-state index is 13.1. The van der Waals surface area contributed by atoms with E-state index in [0.29, 0.717) is 29.9 Å². The Balaban J connectivity index is 1.63. The lowest BCUT2D eigenvalue weighted by molar-refractivity contribution is -0.137. The van der Waals surface area contributed by atoms with Crippen LogP contribution < -0.4 is 5.32 Å². The van der Waals surface area contributed by atoms with Crippen molar-refractivity contribution < 1.29 is 14.7 Å². The van der Waals surface area contributed by atoms with Gasteiger partial charge < -0.3 is 15.0 Å². The number of aliphatic carboxylic acids is 1. The Kier molecular flexibility index (Phi) is 8.26. The fourth-order valence-electron chi connectivity index (χ4n) is 5.42. The molecule has 1 fully saturated rings. The van der Waals surface area contributed by atoms with Crippen LogP contribution in [0.15, 0.2) is 35.7 Å². The molecule has 2 aromatic heterocycles. The first-order valence-electron chi connectivity index (χ1n) is 12.9. The number of thiophene rings is 1. The zero-order valence-electron chi connectivity index (χ0n) is 21.0. The molecule has 3 aromatic rings. The van der Waals surface area contributed by atoms with Gasteiger partial charge in [0, 0.05) is 35.4 Å². The number of carboxylic acids is 1. The summed E-state index contributed by atoms with van der Waals surface area (Å²) in [6.45, 7) is 6.51. The fourth-order valence-corrected chi connectivity index (χ4v) is 6.12. The Morgan fingerprint density at radius 1 is 1.23 bits per heavy atom. The number of carbonyl (C=O) groups is 2. The van der Waals surface area contributed by atoms with E-state index in [-0.39, 0.29) is 18.4 Å². The number of fused-ring (bicyclic) bond motifs is 1. The first kappa shape index (κ1) is 25.4. The van der Waals surface area contributed by atoms with Crippen LogP contribution in [0, 0.1) is 11.8 Å². The van der Waals surface area contributed by atoms with E-state index in [1.54, 1.807) is 11.3 Å². The van der Waals surface area contributed by atoms with E-state index in [4.69, 9.17) is 10.1 Å². The van der Waals surface area contributed by atoms with E-state index >= 15 is 0 Å². The third-order valence-electron chi connectivity index (χ3n) is 7.13. The number of hydrogen-bond acceptors (Lipinski definition) is 4. The van der Waals surface area contributed by atoms with Crippen LogP contribution in [0.4, 0.5) is 0 Å². The molecule has 6 nitrogen and oxygen atoms in total. The average Bonchev–Trinajstić information content (AvgIpc) is 3.44. The Bertz CT molecular complexity index is 1150. The van der Waals surface area contributed by atoms with Crippen molar-refractivity contribution in [2.75, 3.05) is 0 Å². The number of nitrogens with zero attached hydrogens (tertiary/aromatic N) is 2. The van der Waals surface area contributed by atoms with Gasteiger partial charge in [-0.2, -0.15) is 0 Å². The molecule has 0 bridgehead atoms. The number of carboxylic acid groups (broad SMARTS) is 1. The van der Waals surface area contributed by atoms with Crippen LogP contribution >= 0.6 is 11.3 Å². The fraction of sp³-hybridized carbons (Fsp3) is 0.536. The standard InChI is InChI=1S/C28H37N3O3S/c1-18(2)15-21(11-13-27(32)33)29-28(34)20-10-12-25-23(16-20)30-26(17-22-8-6-14-35-22)31(25)24-9-5-4-7-19(24)3/h6,8,10,12,14,16,18-19,21,24H,4-5,7,9,11,13,15,17H2,1-3H3,(H,29,34)(H,32,33)/t19-,21?,24-/m1/s1. The summed E-state index contributed by atoms with van der Waals surface area (Å²) in [4.78, 5) is 30.5. The topological polar surface area (TPSA) is 84.2 Å². The second kappa shape index (κ2) is 11.4. The summed E-state index contributed by atoms with van der Waals surface area (Å²) < 4.78 is 2.44. The largest absolute Gasteiger partial charge is 0.481 e. The van der Waals surface area contributed by atoms with Crippen molar-refractivity contribution in [2.45, 2.75) is 84.2 Å². The zero-order valence-corrected chi connectivity index (χ0v) is 21.8. The second-order valence-electron chi connectivity index (χ2n) is 10.4. The molecule has 1 saturated carbocycles. The molecule has 2 heterocycles. The third-order valence-corrected chi connectivity index (χ3v) is 8.01. The molecule has 1 aromatic carbocycles. The van der Waals surface area contributed by atoms with Gasteiger partial charge in [0.1, 0.15) is 5.82 Å². The van der Waals surface area contributed by atoms with Crippen molar-refractivity contribution in [2.24, 2.45) is 11.8 Å². The lowest BCUT2D eigenvalue weighted by Crippen LogP contribution is -2.36. The van der Waals surface area contributed by atoms with Gasteiger partial charge in [-0.3, -0.25) is 9.59 Å². The van der Waals surface area contributed by atoms with Crippen LogP contribution in [-0.4, -0.2) is 32.6 Å². The quantitative estimate of drug-likeness (QED) is 0.338. The van der Waals surface area contributed by atoms with Gasteiger partial charge in [-0.05, 0) is 67.2 Å². The number of aromatic nitrogens is 2. The predicted molar refractivity (Wildman–Crippen MR) is 141 cm³/mol. The maximum absolute atomic E-state index is 13.1. The lowest BCUT2D eigenvalue weighted by atomic mass is 9.85. The molecule has 0 saturated heterocycles. The molecule has 0 aliphatic heterocycles. The molecule has 2 N–H and O–H groups in total. The zero-order chi connectivity index (χ0) is 24.9. The van der Waals surface area contributed by atoms with Crippen molar-refractivity contribution in [1.29, 1.82) is 0 Å². The predicted octanol–water partition coefficient (Wildman–Crippen LogP) is 6.45. The van der Waals surface area contributed by atoms with Gasteiger partial charge >= 0.3 is 5.97 Å². The molecule has 0 spiro atoms. The molecular formula is C28H37N3O3S. The summed E-state index contributed by atoms with van der Waals surface area (Å²) in [5, 5.41) is 14.3. The highest BCUT2D eigenvalue weighted by atomic mass is 32.1. The molecule has 1 unspecified atom stereocenters. The number of carbonyl (C=O) groups excluding carboxylic acids is 1. The second-order valence-corrected chi connectivity index (χ2v) is 11.5. The number of nitrogens with one attached hydrogen (secondary N) is 1. The summed E-state index contributed by atoms with van der Waals surface area (Å²) in [5.41, 5.74) is 2.52. The molecule has 0 radical (unpaired) electrons. The van der Waals surface area contributed by atoms with Crippen LogP contribution in [-0.2, 0) is 11.2 Å². The van der Waals surface area contributed by atoms with E-state index in [1.807, 2.05) is 18.2 Å². The van der Waals surface area contributed by atoms with Gasteiger partial charge in [-0.25, -0.2) is 4.98 Å². The summed E-state index contributed by atoms with van der Waals surface area (Å²) in [6, 6.07) is 10.3. The minimum atomic E-state index is -0.838. The molecular weight excluding hydrogens is 458 g/mol. The SMILES string of the molecule is CC(C)CC(CCC(=O)O)NC(=O)c1ccc2c(c1)nc(Cc1cccs1)n2[C@@H]1CCCC[C@H]1C. The monoisotopic (exact) mass is 495 g/mol. The first-order valence-corrected chi connectivity index (χ1v) is 13.8. The van der Waals surface area contributed by atoms with Gasteiger partial charge in [0.05, 0.1) is 11.0 Å². The molecule has 35 heavy (non-hydrogen) atoms. The van der Waals surface area contributed by atoms with Crippen molar-refractivity contribution in [3.05, 3.63) is 52.0 Å². The minimum Gasteiger partial charge on any atom is -0.481 e. The average molecular weight is 496 g/mol. The Hall–Kier alpha value is -2.67. The van der Waals surface area contributed by atoms with Gasteiger partial charge in [0.2, 0.25) is 0 Å². The summed E-state index contributed by atoms with van der Waals surface area (Å²) in [6.07, 6.45) is 6.94. The van der Waals surface area contributed by atoms with E-state index < -0.39 is 5.97 Å². The normalized spacial score (nSPS) is 19.2. The number of hydrogen-bond donors (Lipinski definition) is 2. The van der Waals surface area contributed by atoms with Crippen LogP contribution in [0.25, 0.3) is 11.0 Å². The third kappa shape index (κ3) is 6.31. The van der Waals surface area contributed by atoms with Crippen molar-refractivity contribution in [3.63, 3.8) is 0 Å². The highest BCUT2D eigenvalue weighted by Gasteiger charge is 2.27. The van der Waals surface area contributed by atoms with Gasteiger partial charge in [0.25, 0.3) is 5.91 Å². The van der Waals surface area contributed by atoms with Gasteiger partial charge in [-0.1, -0.05) is 39.7 Å². The number of benzene rings is 1. The van der Waals surface area contributed by atoms with Crippen molar-refractivity contribution in [3.8, 4) is 0 Å². The molecule has 1 aliphatic rings. The summed E-state index contributed by atoms with van der Waals surface area (Å²) in [5.74, 6) is 1.03. The smallest absolute Gasteiger partial charge is 0.303 e. The highest BCUT2D eigenvalue weighted by Crippen LogP contribution is 2.37. The molecule has 188 valence electrons. The number of amides is 1. The minimum absolute atomic E-state index is 0.0484. The molecule has 3 atom stereocenters. The van der Waals surface area contributed by atoms with E-state index in [0.717, 1.165) is 36.1 Å². The van der Waals surface area contributed by atoms with E-state index in [2.05, 4.69) is 48.2 Å². The Morgan fingerprint density at radius 3 is 2.71 bits per heavy atom. The van der Waals surface area contributed by atoms with Crippen molar-refractivity contribution >= 4 is 34.2 Å². The van der Waals surface area contributed by atoms with Crippen LogP contribution in [0.1, 0.15) is 92.8 Å². The number of imidazole rings is 1.